The van der Waals surface area contributed by atoms with Crippen LogP contribution in [0.1, 0.15) is 12.5 Å². The van der Waals surface area contributed by atoms with Crippen molar-refractivity contribution in [3.05, 3.63) is 54.4 Å². The maximum atomic E-state index is 12.4. The van der Waals surface area contributed by atoms with E-state index in [1.807, 2.05) is 12.1 Å². The van der Waals surface area contributed by atoms with E-state index in [1.165, 1.54) is 17.7 Å². The average molecular weight is 353 g/mol. The van der Waals surface area contributed by atoms with Gasteiger partial charge < -0.3 is 4.90 Å². The largest absolute Gasteiger partial charge is 0.446 e. The first kappa shape index (κ1) is 17.1. The Balaban J connectivity index is 1.64. The Morgan fingerprint density at radius 2 is 1.79 bits per heavy atom. The number of aromatic nitrogens is 1. The summed E-state index contributed by atoms with van der Waals surface area (Å²) in [7, 11) is 0. The average Bonchev–Trinajstić information content (AvgIpc) is 2.88. The maximum Gasteiger partial charge on any atom is 0.446 e. The highest BCUT2D eigenvalue weighted by molar-refractivity contribution is 8.00. The summed E-state index contributed by atoms with van der Waals surface area (Å²) in [5.41, 5.74) is -2.09. The summed E-state index contributed by atoms with van der Waals surface area (Å²) in [5, 5.41) is 0. The second kappa shape index (κ2) is 7.03. The van der Waals surface area contributed by atoms with Gasteiger partial charge in [-0.25, -0.2) is 0 Å². The van der Waals surface area contributed by atoms with Gasteiger partial charge in [-0.2, -0.15) is 13.2 Å². The molecule has 2 heterocycles. The van der Waals surface area contributed by atoms with Crippen LogP contribution in [0.3, 0.4) is 0 Å². The molecule has 1 saturated heterocycles. The number of hydrogen-bond donors (Lipinski definition) is 0. The van der Waals surface area contributed by atoms with Gasteiger partial charge in [0.2, 0.25) is 0 Å². The van der Waals surface area contributed by atoms with Gasteiger partial charge in [-0.3, -0.25) is 9.88 Å². The highest BCUT2D eigenvalue weighted by Gasteiger charge is 2.30. The van der Waals surface area contributed by atoms with Crippen LogP contribution in [-0.2, 0) is 6.54 Å². The summed E-state index contributed by atoms with van der Waals surface area (Å²) in [6, 6.07) is 11.0. The van der Waals surface area contributed by atoms with Crippen molar-refractivity contribution in [2.24, 2.45) is 0 Å². The number of halogens is 3. The maximum absolute atomic E-state index is 12.4. The Kier molecular flexibility index (Phi) is 5.01. The van der Waals surface area contributed by atoms with E-state index in [2.05, 4.69) is 21.7 Å². The summed E-state index contributed by atoms with van der Waals surface area (Å²) in [5.74, 6) is 0. The van der Waals surface area contributed by atoms with E-state index < -0.39 is 5.51 Å². The third-order valence-electron chi connectivity index (χ3n) is 4.03. The smallest absolute Gasteiger partial charge is 0.357 e. The van der Waals surface area contributed by atoms with Crippen LogP contribution in [0.5, 0.6) is 0 Å². The molecule has 3 nitrogen and oxygen atoms in total. The number of nitrogens with zero attached hydrogens (tertiary/aromatic N) is 3. The van der Waals surface area contributed by atoms with Gasteiger partial charge in [0.15, 0.2) is 0 Å². The number of alkyl halides is 3. The van der Waals surface area contributed by atoms with Gasteiger partial charge in [0.05, 0.1) is 6.67 Å². The molecule has 2 aromatic rings. The first-order valence-electron chi connectivity index (χ1n) is 7.64. The van der Waals surface area contributed by atoms with E-state index in [0.29, 0.717) is 6.04 Å². The monoisotopic (exact) mass is 353 g/mol. The molecule has 1 aliphatic heterocycles. The van der Waals surface area contributed by atoms with E-state index >= 15 is 0 Å². The van der Waals surface area contributed by atoms with E-state index in [4.69, 9.17) is 0 Å². The van der Waals surface area contributed by atoms with E-state index in [-0.39, 0.29) is 16.7 Å². The lowest BCUT2D eigenvalue weighted by Gasteiger charge is -2.21. The Bertz CT molecular complexity index is 661. The molecule has 0 aliphatic carbocycles. The molecule has 0 bridgehead atoms. The van der Waals surface area contributed by atoms with Crippen LogP contribution in [0.4, 0.5) is 18.9 Å². The van der Waals surface area contributed by atoms with Gasteiger partial charge in [-0.15, -0.1) is 0 Å². The fourth-order valence-electron chi connectivity index (χ4n) is 2.83. The number of hydrogen-bond acceptors (Lipinski definition) is 4. The third-order valence-corrected chi connectivity index (χ3v) is 4.77. The summed E-state index contributed by atoms with van der Waals surface area (Å²) in [6.07, 6.45) is 3.57. The van der Waals surface area contributed by atoms with Crippen molar-refractivity contribution in [2.75, 3.05) is 18.1 Å². The van der Waals surface area contributed by atoms with Crippen molar-refractivity contribution >= 4 is 17.4 Å². The van der Waals surface area contributed by atoms with Crippen LogP contribution < -0.4 is 4.90 Å². The summed E-state index contributed by atoms with van der Waals surface area (Å²) in [4.78, 5) is 8.77. The predicted octanol–water partition coefficient (Wildman–Crippen LogP) is 4.36. The fraction of sp³-hybridized carbons (Fsp3) is 0.353. The van der Waals surface area contributed by atoms with Crippen LogP contribution >= 0.6 is 11.8 Å². The predicted molar refractivity (Wildman–Crippen MR) is 89.8 cm³/mol. The van der Waals surface area contributed by atoms with Gasteiger partial charge in [-0.05, 0) is 60.6 Å². The topological polar surface area (TPSA) is 19.4 Å². The van der Waals surface area contributed by atoms with Crippen molar-refractivity contribution in [1.82, 2.24) is 9.88 Å². The molecule has 0 saturated carbocycles. The summed E-state index contributed by atoms with van der Waals surface area (Å²) < 4.78 is 37.2. The molecule has 7 heteroatoms. The van der Waals surface area contributed by atoms with E-state index in [9.17, 15) is 13.2 Å². The third kappa shape index (κ3) is 4.42. The molecule has 0 radical (unpaired) electrons. The quantitative estimate of drug-likeness (QED) is 0.760. The lowest BCUT2D eigenvalue weighted by Crippen LogP contribution is -2.28. The van der Waals surface area contributed by atoms with Crippen molar-refractivity contribution in [3.8, 4) is 0 Å². The van der Waals surface area contributed by atoms with Crippen LogP contribution in [-0.4, -0.2) is 34.6 Å². The minimum Gasteiger partial charge on any atom is -0.357 e. The van der Waals surface area contributed by atoms with E-state index in [1.54, 1.807) is 24.5 Å². The molecular formula is C17H18F3N3S. The Labute approximate surface area is 143 Å². The normalized spacial score (nSPS) is 19.0. The van der Waals surface area contributed by atoms with Gasteiger partial charge in [0.1, 0.15) is 0 Å². The number of anilines is 1. The van der Waals surface area contributed by atoms with Crippen molar-refractivity contribution in [3.63, 3.8) is 0 Å². The molecule has 1 aliphatic rings. The van der Waals surface area contributed by atoms with Gasteiger partial charge in [0.25, 0.3) is 0 Å². The number of thioether (sulfide) groups is 1. The Morgan fingerprint density at radius 3 is 2.42 bits per heavy atom. The van der Waals surface area contributed by atoms with Crippen molar-refractivity contribution in [1.29, 1.82) is 0 Å². The van der Waals surface area contributed by atoms with Gasteiger partial charge in [-0.1, -0.05) is 0 Å². The molecule has 0 unspecified atom stereocenters. The fourth-order valence-corrected chi connectivity index (χ4v) is 3.36. The van der Waals surface area contributed by atoms with Crippen LogP contribution in [0.25, 0.3) is 0 Å². The highest BCUT2D eigenvalue weighted by Crippen LogP contribution is 2.37. The zero-order valence-electron chi connectivity index (χ0n) is 13.2. The first-order valence-corrected chi connectivity index (χ1v) is 8.46. The lowest BCUT2D eigenvalue weighted by atomic mass is 10.2. The Morgan fingerprint density at radius 1 is 1.12 bits per heavy atom. The molecule has 3 rings (SSSR count). The molecule has 128 valence electrons. The molecule has 1 atom stereocenters. The van der Waals surface area contributed by atoms with Gasteiger partial charge in [0, 0.05) is 42.1 Å². The molecule has 1 aromatic heterocycles. The standard InChI is InChI=1S/C17H18F3N3S/c1-13-10-23(12-22(13)11-14-6-8-21-9-7-14)15-2-4-16(5-3-15)24-17(18,19)20/h2-9,13H,10-12H2,1H3/t13-/m1/s1. The van der Waals surface area contributed by atoms with Crippen molar-refractivity contribution in [2.45, 2.75) is 29.9 Å². The summed E-state index contributed by atoms with van der Waals surface area (Å²) in [6.45, 7) is 4.61. The van der Waals surface area contributed by atoms with Gasteiger partial charge >= 0.3 is 5.51 Å². The molecule has 1 aromatic carbocycles. The zero-order chi connectivity index (χ0) is 17.2. The molecule has 0 spiro atoms. The number of rotatable bonds is 4. The SMILES string of the molecule is C[C@@H]1CN(c2ccc(SC(F)(F)F)cc2)CN1Cc1ccncc1. The van der Waals surface area contributed by atoms with Crippen LogP contribution in [0.2, 0.25) is 0 Å². The number of benzene rings is 1. The van der Waals surface area contributed by atoms with Crippen molar-refractivity contribution < 1.29 is 13.2 Å². The highest BCUT2D eigenvalue weighted by atomic mass is 32.2. The molecular weight excluding hydrogens is 335 g/mol. The molecule has 24 heavy (non-hydrogen) atoms. The minimum absolute atomic E-state index is 0.0800. The molecule has 0 amide bonds. The Hall–Kier alpha value is -1.73. The van der Waals surface area contributed by atoms with Crippen LogP contribution in [0, 0.1) is 0 Å². The minimum atomic E-state index is -4.25. The van der Waals surface area contributed by atoms with E-state index in [0.717, 1.165) is 25.4 Å². The molecule has 0 N–H and O–H groups in total. The zero-order valence-corrected chi connectivity index (χ0v) is 14.0. The number of pyridine rings is 1. The second-order valence-electron chi connectivity index (χ2n) is 5.86. The lowest BCUT2D eigenvalue weighted by molar-refractivity contribution is -0.0328. The first-order chi connectivity index (χ1) is 11.4. The molecule has 1 fully saturated rings. The summed E-state index contributed by atoms with van der Waals surface area (Å²) >= 11 is -0.0800. The second-order valence-corrected chi connectivity index (χ2v) is 7.00. The van der Waals surface area contributed by atoms with Crippen LogP contribution in [0.15, 0.2) is 53.7 Å².